The molecule has 1 aromatic carbocycles. The lowest BCUT2D eigenvalue weighted by atomic mass is 9.94. The fraction of sp³-hybridized carbons (Fsp3) is 0.417. The third kappa shape index (κ3) is 4.19. The van der Waals surface area contributed by atoms with Crippen LogP contribution in [0, 0.1) is 0 Å². The highest BCUT2D eigenvalue weighted by molar-refractivity contribution is 5.94. The largest absolute Gasteiger partial charge is 0.357 e. The number of amides is 1. The maximum Gasteiger partial charge on any atom is 0.274 e. The Morgan fingerprint density at radius 3 is 2.90 bits per heavy atom. The van der Waals surface area contributed by atoms with Gasteiger partial charge in [-0.15, -0.1) is 0 Å². The monoisotopic (exact) mass is 410 g/mol. The van der Waals surface area contributed by atoms with E-state index in [1.54, 1.807) is 11.6 Å². The van der Waals surface area contributed by atoms with Crippen LogP contribution in [0.25, 0.3) is 22.0 Å². The van der Waals surface area contributed by atoms with Gasteiger partial charge in [0.25, 0.3) is 5.56 Å². The molecule has 0 saturated carbocycles. The Bertz CT molecular complexity index is 1140. The molecular formula is C24H34N4O2. The summed E-state index contributed by atoms with van der Waals surface area (Å²) in [4.78, 5) is 29.7. The van der Waals surface area contributed by atoms with Crippen molar-refractivity contribution in [3.63, 3.8) is 0 Å². The standard InChI is InChI=1S/C24H30N4O2.2H2/c1-16(2)26-22(29)5-4-11-28-12-9-17-13-18(6-7-19(17)14-28)21-15-27(3)24(30)23-20(21)8-10-25-23;;/h6-8,10,13,15-16,25H,4-5,9,11-12,14H2,1-3H3,(H,26,29);2*1H. The smallest absolute Gasteiger partial charge is 0.274 e. The van der Waals surface area contributed by atoms with E-state index in [9.17, 15) is 9.59 Å². The highest BCUT2D eigenvalue weighted by atomic mass is 16.1. The first-order valence-electron chi connectivity index (χ1n) is 10.7. The first kappa shape index (κ1) is 20.4. The molecule has 162 valence electrons. The van der Waals surface area contributed by atoms with Crippen molar-refractivity contribution >= 4 is 16.8 Å². The molecule has 4 rings (SSSR count). The fourth-order valence-corrected chi connectivity index (χ4v) is 4.33. The van der Waals surface area contributed by atoms with Crippen LogP contribution in [0.5, 0.6) is 0 Å². The number of nitrogens with zero attached hydrogens (tertiary/aromatic N) is 2. The molecule has 1 aliphatic rings. The molecular weight excluding hydrogens is 376 g/mol. The van der Waals surface area contributed by atoms with Crippen LogP contribution in [-0.4, -0.2) is 39.5 Å². The number of H-pyrrole nitrogens is 1. The molecule has 6 nitrogen and oxygen atoms in total. The normalized spacial score (nSPS) is 14.3. The van der Waals surface area contributed by atoms with Crippen molar-refractivity contribution < 1.29 is 7.65 Å². The van der Waals surface area contributed by atoms with E-state index < -0.39 is 0 Å². The fourth-order valence-electron chi connectivity index (χ4n) is 4.33. The summed E-state index contributed by atoms with van der Waals surface area (Å²) in [6.07, 6.45) is 6.23. The number of carbonyl (C=O) groups is 1. The second-order valence-corrected chi connectivity index (χ2v) is 8.56. The number of pyridine rings is 1. The number of rotatable bonds is 6. The molecule has 3 aromatic rings. The van der Waals surface area contributed by atoms with Crippen LogP contribution < -0.4 is 10.9 Å². The van der Waals surface area contributed by atoms with Crippen LogP contribution in [0.3, 0.4) is 0 Å². The molecule has 0 atom stereocenters. The predicted molar refractivity (Wildman–Crippen MR) is 125 cm³/mol. The van der Waals surface area contributed by atoms with Crippen molar-refractivity contribution in [3.8, 4) is 11.1 Å². The van der Waals surface area contributed by atoms with Gasteiger partial charge in [0, 0.05) is 58.8 Å². The van der Waals surface area contributed by atoms with Gasteiger partial charge in [-0.25, -0.2) is 0 Å². The van der Waals surface area contributed by atoms with Gasteiger partial charge >= 0.3 is 0 Å². The van der Waals surface area contributed by atoms with E-state index in [1.165, 1.54) is 11.1 Å². The van der Waals surface area contributed by atoms with Crippen LogP contribution in [0.15, 0.2) is 41.5 Å². The minimum absolute atomic E-state index is 0. The lowest BCUT2D eigenvalue weighted by Crippen LogP contribution is -2.33. The number of hydrogen-bond donors (Lipinski definition) is 2. The Kier molecular flexibility index (Phi) is 5.77. The van der Waals surface area contributed by atoms with E-state index in [4.69, 9.17) is 0 Å². The van der Waals surface area contributed by atoms with E-state index in [-0.39, 0.29) is 20.4 Å². The first-order valence-corrected chi connectivity index (χ1v) is 10.7. The molecule has 0 bridgehead atoms. The van der Waals surface area contributed by atoms with Crippen LogP contribution in [0.1, 0.15) is 40.7 Å². The number of benzene rings is 1. The van der Waals surface area contributed by atoms with E-state index in [1.807, 2.05) is 32.3 Å². The molecule has 0 fully saturated rings. The van der Waals surface area contributed by atoms with Gasteiger partial charge in [0.2, 0.25) is 5.91 Å². The van der Waals surface area contributed by atoms with Gasteiger partial charge in [-0.2, -0.15) is 0 Å². The highest BCUT2D eigenvalue weighted by Crippen LogP contribution is 2.30. The Morgan fingerprint density at radius 1 is 1.27 bits per heavy atom. The van der Waals surface area contributed by atoms with Crippen molar-refractivity contribution in [3.05, 3.63) is 58.1 Å². The Morgan fingerprint density at radius 2 is 2.10 bits per heavy atom. The van der Waals surface area contributed by atoms with Crippen LogP contribution >= 0.6 is 0 Å². The van der Waals surface area contributed by atoms with Crippen molar-refractivity contribution in [1.82, 2.24) is 19.8 Å². The summed E-state index contributed by atoms with van der Waals surface area (Å²) >= 11 is 0. The van der Waals surface area contributed by atoms with Crippen molar-refractivity contribution in [2.45, 2.75) is 45.7 Å². The third-order valence-corrected chi connectivity index (χ3v) is 5.83. The number of aromatic amines is 1. The molecule has 0 saturated heterocycles. The molecule has 0 unspecified atom stereocenters. The van der Waals surface area contributed by atoms with E-state index in [0.717, 1.165) is 49.0 Å². The van der Waals surface area contributed by atoms with E-state index >= 15 is 0 Å². The number of hydrogen-bond acceptors (Lipinski definition) is 3. The van der Waals surface area contributed by atoms with Gasteiger partial charge < -0.3 is 14.9 Å². The zero-order valence-corrected chi connectivity index (χ0v) is 18.0. The van der Waals surface area contributed by atoms with Crippen molar-refractivity contribution in [2.75, 3.05) is 13.1 Å². The van der Waals surface area contributed by atoms with Crippen LogP contribution in [-0.2, 0) is 24.8 Å². The molecule has 0 aliphatic carbocycles. The van der Waals surface area contributed by atoms with Gasteiger partial charge in [0.15, 0.2) is 0 Å². The number of aromatic nitrogens is 2. The van der Waals surface area contributed by atoms with Gasteiger partial charge in [-0.1, -0.05) is 18.2 Å². The third-order valence-electron chi connectivity index (χ3n) is 5.83. The Balaban J connectivity index is 0.00000181. The average molecular weight is 411 g/mol. The molecule has 1 amide bonds. The number of aryl methyl sites for hydroxylation is 1. The topological polar surface area (TPSA) is 70.1 Å². The van der Waals surface area contributed by atoms with Crippen LogP contribution in [0.4, 0.5) is 0 Å². The number of fused-ring (bicyclic) bond motifs is 2. The molecule has 3 heterocycles. The molecule has 6 heteroatoms. The number of carbonyl (C=O) groups excluding carboxylic acids is 1. The summed E-state index contributed by atoms with van der Waals surface area (Å²) in [6, 6.07) is 8.82. The minimum atomic E-state index is -0.00516. The van der Waals surface area contributed by atoms with Gasteiger partial charge in [-0.05, 0) is 56.0 Å². The maximum atomic E-state index is 12.3. The maximum absolute atomic E-state index is 12.3. The summed E-state index contributed by atoms with van der Waals surface area (Å²) in [7, 11) is 1.80. The second kappa shape index (κ2) is 8.48. The van der Waals surface area contributed by atoms with Gasteiger partial charge in [-0.3, -0.25) is 14.5 Å². The SMILES string of the molecule is CC(C)NC(=O)CCCN1CCc2cc(-c3cn(C)c(=O)c4[nH]ccc34)ccc2C1.[HH].[HH]. The predicted octanol–water partition coefficient (Wildman–Crippen LogP) is 3.69. The van der Waals surface area contributed by atoms with E-state index in [0.29, 0.717) is 11.9 Å². The summed E-state index contributed by atoms with van der Waals surface area (Å²) in [5.74, 6) is 0.139. The van der Waals surface area contributed by atoms with Gasteiger partial charge in [0.05, 0.1) is 0 Å². The van der Waals surface area contributed by atoms with E-state index in [2.05, 4.69) is 33.4 Å². The highest BCUT2D eigenvalue weighted by Gasteiger charge is 2.18. The molecule has 30 heavy (non-hydrogen) atoms. The zero-order valence-electron chi connectivity index (χ0n) is 18.0. The molecule has 2 N–H and O–H groups in total. The summed E-state index contributed by atoms with van der Waals surface area (Å²) in [5.41, 5.74) is 5.60. The van der Waals surface area contributed by atoms with Gasteiger partial charge in [0.1, 0.15) is 5.52 Å². The molecule has 2 aromatic heterocycles. The summed E-state index contributed by atoms with van der Waals surface area (Å²) in [6.45, 7) is 6.86. The van der Waals surface area contributed by atoms with Crippen LogP contribution in [0.2, 0.25) is 0 Å². The zero-order chi connectivity index (χ0) is 21.3. The molecule has 0 radical (unpaired) electrons. The lowest BCUT2D eigenvalue weighted by Gasteiger charge is -2.29. The summed E-state index contributed by atoms with van der Waals surface area (Å²) < 4.78 is 1.64. The minimum Gasteiger partial charge on any atom is -0.357 e. The Hall–Kier alpha value is -2.86. The first-order chi connectivity index (χ1) is 14.4. The molecule has 0 spiro atoms. The second-order valence-electron chi connectivity index (χ2n) is 8.56. The van der Waals surface area contributed by atoms with Crippen molar-refractivity contribution in [1.29, 1.82) is 0 Å². The molecule has 1 aliphatic heterocycles. The summed E-state index contributed by atoms with van der Waals surface area (Å²) in [5, 5.41) is 3.92. The quantitative estimate of drug-likeness (QED) is 0.651. The van der Waals surface area contributed by atoms with Crippen molar-refractivity contribution in [2.24, 2.45) is 7.05 Å². The lowest BCUT2D eigenvalue weighted by molar-refractivity contribution is -0.121. The number of nitrogens with one attached hydrogen (secondary N) is 2. The Labute approximate surface area is 179 Å². The average Bonchev–Trinajstić information content (AvgIpc) is 3.20.